The van der Waals surface area contributed by atoms with Gasteiger partial charge in [-0.25, -0.2) is 0 Å². The maximum atomic E-state index is 6.46. The predicted octanol–water partition coefficient (Wildman–Crippen LogP) is 19.5. The number of hydrogen-bond donors (Lipinski definition) is 0. The summed E-state index contributed by atoms with van der Waals surface area (Å²) in [4.78, 5) is 4.69. The van der Waals surface area contributed by atoms with Gasteiger partial charge in [-0.1, -0.05) is 163 Å². The molecule has 322 valence electrons. The van der Waals surface area contributed by atoms with E-state index < -0.39 is 0 Å². The highest BCUT2D eigenvalue weighted by Gasteiger charge is 2.20. The molecule has 68 heavy (non-hydrogen) atoms. The summed E-state index contributed by atoms with van der Waals surface area (Å²) in [5.41, 5.74) is 16.0. The fourth-order valence-electron chi connectivity index (χ4n) is 9.60. The predicted molar refractivity (Wildman–Crippen MR) is 293 cm³/mol. The number of rotatable bonds is 10. The average molecular weight is 908 g/mol. The number of para-hydroxylation sites is 3. The van der Waals surface area contributed by atoms with Crippen molar-refractivity contribution in [2.45, 2.75) is 0 Å². The second-order valence-corrected chi connectivity index (χ2v) is 18.6. The van der Waals surface area contributed by atoms with Crippen LogP contribution < -0.4 is 9.80 Å². The van der Waals surface area contributed by atoms with Crippen LogP contribution in [0.3, 0.4) is 0 Å². The summed E-state index contributed by atoms with van der Waals surface area (Å²) in [5, 5.41) is 5.59. The molecule has 12 aromatic rings. The molecule has 0 saturated carbocycles. The Morgan fingerprint density at radius 2 is 0.794 bits per heavy atom. The number of anilines is 6. The van der Waals surface area contributed by atoms with Gasteiger partial charge in [-0.15, -0.1) is 11.3 Å². The third kappa shape index (κ3) is 7.88. The molecule has 0 aliphatic heterocycles. The van der Waals surface area contributed by atoms with Crippen LogP contribution >= 0.6 is 22.9 Å². The first kappa shape index (κ1) is 41.2. The number of fused-ring (bicyclic) bond motifs is 4. The maximum Gasteiger partial charge on any atom is 0.0474 e. The van der Waals surface area contributed by atoms with Crippen LogP contribution in [0.2, 0.25) is 5.02 Å². The van der Waals surface area contributed by atoms with E-state index in [9.17, 15) is 0 Å². The van der Waals surface area contributed by atoms with Gasteiger partial charge >= 0.3 is 0 Å². The van der Waals surface area contributed by atoms with E-state index in [0.29, 0.717) is 0 Å². The minimum Gasteiger partial charge on any atom is -0.311 e. The van der Waals surface area contributed by atoms with Gasteiger partial charge in [0.1, 0.15) is 0 Å². The third-order valence-corrected chi connectivity index (χ3v) is 14.3. The zero-order valence-corrected chi connectivity index (χ0v) is 38.6. The van der Waals surface area contributed by atoms with Gasteiger partial charge in [-0.05, 0) is 159 Å². The fraction of sp³-hybridized carbons (Fsp3) is 0. The molecule has 0 saturated heterocycles. The van der Waals surface area contributed by atoms with E-state index in [1.54, 1.807) is 0 Å². The lowest BCUT2D eigenvalue weighted by molar-refractivity contribution is 1.28. The number of thiophene rings is 1. The van der Waals surface area contributed by atoms with Crippen LogP contribution in [0.4, 0.5) is 34.1 Å². The van der Waals surface area contributed by atoms with Crippen molar-refractivity contribution < 1.29 is 0 Å². The molecule has 0 spiro atoms. The quantitative estimate of drug-likeness (QED) is 0.135. The second kappa shape index (κ2) is 17.9. The standard InChI is InChI=1S/C64H43ClN2S/c65-51-33-28-45(29-34-51)50-41-60(46-30-35-55(36-31-46)66(52-20-7-2-8-21-52)53-22-9-3-10-23-53)64-62(42-50)61-40-49(32-37-63(61)68-64)59-43-57(39-48-18-13-14-27-58(48)59)67(54-24-11-4-12-25-54)56-26-15-19-47(38-56)44-16-5-1-6-17-44/h1-43H. The molecule has 12 rings (SSSR count). The molecule has 0 radical (unpaired) electrons. The van der Waals surface area contributed by atoms with Gasteiger partial charge < -0.3 is 9.80 Å². The van der Waals surface area contributed by atoms with E-state index in [1.165, 1.54) is 64.3 Å². The van der Waals surface area contributed by atoms with Crippen molar-refractivity contribution in [1.29, 1.82) is 0 Å². The lowest BCUT2D eigenvalue weighted by atomic mass is 9.93. The summed E-state index contributed by atoms with van der Waals surface area (Å²) < 4.78 is 2.51. The summed E-state index contributed by atoms with van der Waals surface area (Å²) in [6.45, 7) is 0. The topological polar surface area (TPSA) is 6.48 Å². The van der Waals surface area contributed by atoms with Crippen molar-refractivity contribution in [2.75, 3.05) is 9.80 Å². The van der Waals surface area contributed by atoms with Crippen molar-refractivity contribution in [3.8, 4) is 44.5 Å². The molecular formula is C64H43ClN2S. The van der Waals surface area contributed by atoms with Crippen LogP contribution in [0.25, 0.3) is 75.5 Å². The van der Waals surface area contributed by atoms with Gasteiger partial charge in [0.25, 0.3) is 0 Å². The van der Waals surface area contributed by atoms with E-state index in [1.807, 2.05) is 23.5 Å². The maximum absolute atomic E-state index is 6.46. The minimum absolute atomic E-state index is 0.724. The Labute approximate surface area is 405 Å². The average Bonchev–Trinajstić information content (AvgIpc) is 3.78. The molecule has 0 atom stereocenters. The van der Waals surface area contributed by atoms with Crippen LogP contribution in [-0.2, 0) is 0 Å². The molecule has 1 heterocycles. The highest BCUT2D eigenvalue weighted by atomic mass is 35.5. The molecule has 0 fully saturated rings. The molecular weight excluding hydrogens is 864 g/mol. The Morgan fingerprint density at radius 3 is 1.47 bits per heavy atom. The Morgan fingerprint density at radius 1 is 0.279 bits per heavy atom. The first-order valence-corrected chi connectivity index (χ1v) is 24.1. The van der Waals surface area contributed by atoms with E-state index in [2.05, 4.69) is 259 Å². The smallest absolute Gasteiger partial charge is 0.0474 e. The number of hydrogen-bond acceptors (Lipinski definition) is 3. The van der Waals surface area contributed by atoms with Crippen LogP contribution in [-0.4, -0.2) is 0 Å². The third-order valence-electron chi connectivity index (χ3n) is 12.9. The molecule has 1 aromatic heterocycles. The van der Waals surface area contributed by atoms with Gasteiger partial charge in [0, 0.05) is 64.9 Å². The summed E-state index contributed by atoms with van der Waals surface area (Å²) in [5.74, 6) is 0. The number of halogens is 1. The summed E-state index contributed by atoms with van der Waals surface area (Å²) >= 11 is 8.32. The second-order valence-electron chi connectivity index (χ2n) is 17.1. The monoisotopic (exact) mass is 906 g/mol. The van der Waals surface area contributed by atoms with Crippen LogP contribution in [0.5, 0.6) is 0 Å². The van der Waals surface area contributed by atoms with Gasteiger partial charge in [-0.2, -0.15) is 0 Å². The van der Waals surface area contributed by atoms with E-state index in [0.717, 1.165) is 50.3 Å². The Kier molecular flexibility index (Phi) is 10.8. The molecule has 0 N–H and O–H groups in total. The number of benzene rings is 11. The highest BCUT2D eigenvalue weighted by molar-refractivity contribution is 7.26. The van der Waals surface area contributed by atoms with Gasteiger partial charge in [0.15, 0.2) is 0 Å². The molecule has 0 unspecified atom stereocenters. The molecule has 0 bridgehead atoms. The Balaban J connectivity index is 1.02. The fourth-order valence-corrected chi connectivity index (χ4v) is 10.9. The lowest BCUT2D eigenvalue weighted by Gasteiger charge is -2.27. The zero-order chi connectivity index (χ0) is 45.4. The van der Waals surface area contributed by atoms with E-state index >= 15 is 0 Å². The largest absolute Gasteiger partial charge is 0.311 e. The van der Waals surface area contributed by atoms with Crippen molar-refractivity contribution in [3.63, 3.8) is 0 Å². The highest BCUT2D eigenvalue weighted by Crippen LogP contribution is 2.47. The molecule has 0 amide bonds. The van der Waals surface area contributed by atoms with Crippen LogP contribution in [0, 0.1) is 0 Å². The van der Waals surface area contributed by atoms with Crippen LogP contribution in [0.15, 0.2) is 261 Å². The summed E-state index contributed by atoms with van der Waals surface area (Å²) in [6, 6.07) is 93.8. The first-order valence-electron chi connectivity index (χ1n) is 22.9. The Hall–Kier alpha value is -8.21. The minimum atomic E-state index is 0.724. The van der Waals surface area contributed by atoms with Crippen molar-refractivity contribution in [1.82, 2.24) is 0 Å². The van der Waals surface area contributed by atoms with Crippen molar-refractivity contribution in [3.05, 3.63) is 266 Å². The zero-order valence-electron chi connectivity index (χ0n) is 37.0. The molecule has 4 heteroatoms. The van der Waals surface area contributed by atoms with Gasteiger partial charge in [-0.3, -0.25) is 0 Å². The normalized spacial score (nSPS) is 11.3. The van der Waals surface area contributed by atoms with E-state index in [-0.39, 0.29) is 0 Å². The first-order chi connectivity index (χ1) is 33.6. The summed E-state index contributed by atoms with van der Waals surface area (Å²) in [7, 11) is 0. The SMILES string of the molecule is Clc1ccc(-c2cc(-c3ccc(N(c4ccccc4)c4ccccc4)cc3)c3sc4ccc(-c5cc(N(c6ccccc6)c6cccc(-c7ccccc7)c6)cc6ccccc56)cc4c3c2)cc1. The van der Waals surface area contributed by atoms with E-state index in [4.69, 9.17) is 11.6 Å². The molecule has 0 aliphatic carbocycles. The van der Waals surface area contributed by atoms with Gasteiger partial charge in [0.05, 0.1) is 0 Å². The Bertz CT molecular complexity index is 3680. The molecule has 0 aliphatic rings. The van der Waals surface area contributed by atoms with Crippen LogP contribution in [0.1, 0.15) is 0 Å². The molecule has 2 nitrogen and oxygen atoms in total. The summed E-state index contributed by atoms with van der Waals surface area (Å²) in [6.07, 6.45) is 0. The van der Waals surface area contributed by atoms with Crippen molar-refractivity contribution in [2.24, 2.45) is 0 Å². The molecule has 11 aromatic carbocycles. The lowest BCUT2D eigenvalue weighted by Crippen LogP contribution is -2.10. The number of nitrogens with zero attached hydrogens (tertiary/aromatic N) is 2. The van der Waals surface area contributed by atoms with Crippen molar-refractivity contribution >= 4 is 88.0 Å². The van der Waals surface area contributed by atoms with Gasteiger partial charge in [0.2, 0.25) is 0 Å².